The number of carbonyl (C=O) groups is 1. The fourth-order valence-corrected chi connectivity index (χ4v) is 4.40. The van der Waals surface area contributed by atoms with Crippen molar-refractivity contribution in [1.82, 2.24) is 4.72 Å². The highest BCUT2D eigenvalue weighted by Gasteiger charge is 2.33. The third kappa shape index (κ3) is 4.51. The first-order valence-electron chi connectivity index (χ1n) is 8.59. The molecule has 1 aliphatic carbocycles. The van der Waals surface area contributed by atoms with Crippen LogP contribution in [0.3, 0.4) is 0 Å². The maximum Gasteiger partial charge on any atom is 0.307 e. The van der Waals surface area contributed by atoms with Crippen molar-refractivity contribution >= 4 is 32.9 Å². The van der Waals surface area contributed by atoms with E-state index in [9.17, 15) is 13.4 Å². The van der Waals surface area contributed by atoms with Gasteiger partial charge in [-0.25, -0.2) is 17.7 Å². The van der Waals surface area contributed by atoms with Crippen LogP contribution in [0.1, 0.15) is 63.3 Å². The summed E-state index contributed by atoms with van der Waals surface area (Å²) in [5.74, 6) is -2.02. The summed E-state index contributed by atoms with van der Waals surface area (Å²) in [4.78, 5) is 12.0. The minimum Gasteiger partial charge on any atom is -0.466 e. The van der Waals surface area contributed by atoms with Crippen LogP contribution in [-0.2, 0) is 33.4 Å². The summed E-state index contributed by atoms with van der Waals surface area (Å²) in [5.41, 5.74) is 0.837. The van der Waals surface area contributed by atoms with Crippen LogP contribution in [0.2, 0.25) is 0 Å². The van der Waals surface area contributed by atoms with Crippen molar-refractivity contribution in [2.24, 2.45) is 0 Å². The Morgan fingerprint density at radius 2 is 1.88 bits per heavy atom. The maximum absolute atomic E-state index is 15.1. The van der Waals surface area contributed by atoms with Crippen LogP contribution < -0.4 is 4.72 Å². The van der Waals surface area contributed by atoms with E-state index in [-0.39, 0.29) is 23.1 Å². The molecule has 1 aliphatic rings. The van der Waals surface area contributed by atoms with Crippen LogP contribution in [0.15, 0.2) is 4.47 Å². The van der Waals surface area contributed by atoms with Gasteiger partial charge in [0.05, 0.1) is 39.3 Å². The largest absolute Gasteiger partial charge is 0.466 e. The van der Waals surface area contributed by atoms with Gasteiger partial charge in [0.25, 0.3) is 0 Å². The Kier molecular flexibility index (Phi) is 6.96. The van der Waals surface area contributed by atoms with Gasteiger partial charge < -0.3 is 4.74 Å². The van der Waals surface area contributed by atoms with Crippen LogP contribution in [0.25, 0.3) is 0 Å². The molecule has 0 radical (unpaired) electrons. The SMILES string of the molecule is CCOC(=O)CC(N[S@](=O)C(C)(C)C)c1c(F)c(Br)c2c(c1F)CCC2. The first kappa shape index (κ1) is 21.4. The van der Waals surface area contributed by atoms with Gasteiger partial charge in [0.2, 0.25) is 0 Å². The molecule has 1 N–H and O–H groups in total. The van der Waals surface area contributed by atoms with E-state index in [0.29, 0.717) is 24.0 Å². The average Bonchev–Trinajstić information content (AvgIpc) is 3.02. The topological polar surface area (TPSA) is 55.4 Å². The van der Waals surface area contributed by atoms with E-state index in [1.165, 1.54) is 0 Å². The Morgan fingerprint density at radius 3 is 2.46 bits per heavy atom. The Hall–Kier alpha value is -0.860. The predicted octanol–water partition coefficient (Wildman–Crippen LogP) is 4.26. The standard InChI is InChI=1S/C18H24BrF2NO3S/c1-5-25-13(23)9-12(22-26(24)18(2,3)4)14-16(20)11-8-6-7-10(11)15(19)17(14)21/h12,22H,5-9H2,1-4H3/t12?,26-/m1/s1. The molecule has 0 fully saturated rings. The number of nitrogens with one attached hydrogen (secondary N) is 1. The average molecular weight is 452 g/mol. The number of fused-ring (bicyclic) bond motifs is 1. The number of esters is 1. The molecule has 0 aliphatic heterocycles. The highest BCUT2D eigenvalue weighted by molar-refractivity contribution is 9.10. The van der Waals surface area contributed by atoms with Gasteiger partial charge in [0.15, 0.2) is 0 Å². The molecular weight excluding hydrogens is 428 g/mol. The lowest BCUT2D eigenvalue weighted by Gasteiger charge is -2.26. The Morgan fingerprint density at radius 1 is 1.27 bits per heavy atom. The molecule has 0 saturated heterocycles. The van der Waals surface area contributed by atoms with Crippen molar-refractivity contribution in [3.8, 4) is 0 Å². The summed E-state index contributed by atoms with van der Waals surface area (Å²) in [7, 11) is -1.62. The first-order chi connectivity index (χ1) is 12.1. The van der Waals surface area contributed by atoms with Gasteiger partial charge in [-0.05, 0) is 74.0 Å². The van der Waals surface area contributed by atoms with Gasteiger partial charge in [-0.3, -0.25) is 4.79 Å². The van der Waals surface area contributed by atoms with Crippen molar-refractivity contribution in [2.45, 2.75) is 64.2 Å². The zero-order valence-electron chi connectivity index (χ0n) is 15.4. The van der Waals surface area contributed by atoms with E-state index >= 15 is 4.39 Å². The summed E-state index contributed by atoms with van der Waals surface area (Å²) >= 11 is 3.23. The van der Waals surface area contributed by atoms with Crippen molar-refractivity contribution in [3.05, 3.63) is 32.8 Å². The summed E-state index contributed by atoms with van der Waals surface area (Å²) in [6, 6.07) is -1.09. The summed E-state index contributed by atoms with van der Waals surface area (Å²) in [6.45, 7) is 7.03. The molecule has 0 bridgehead atoms. The molecule has 146 valence electrons. The number of hydrogen-bond acceptors (Lipinski definition) is 3. The number of rotatable bonds is 6. The van der Waals surface area contributed by atoms with Crippen molar-refractivity contribution in [1.29, 1.82) is 0 Å². The van der Waals surface area contributed by atoms with Crippen LogP contribution in [-0.4, -0.2) is 21.5 Å². The minimum atomic E-state index is -1.62. The van der Waals surface area contributed by atoms with Crippen LogP contribution in [0, 0.1) is 11.6 Å². The molecule has 8 heteroatoms. The van der Waals surface area contributed by atoms with Gasteiger partial charge in [-0.15, -0.1) is 0 Å². The van der Waals surface area contributed by atoms with Crippen LogP contribution in [0.5, 0.6) is 0 Å². The highest BCUT2D eigenvalue weighted by atomic mass is 79.9. The summed E-state index contributed by atoms with van der Waals surface area (Å²) in [5, 5.41) is 0. The Balaban J connectivity index is 2.50. The Bertz CT molecular complexity index is 734. The van der Waals surface area contributed by atoms with Gasteiger partial charge in [0, 0.05) is 5.56 Å². The second kappa shape index (κ2) is 8.44. The van der Waals surface area contributed by atoms with Gasteiger partial charge >= 0.3 is 5.97 Å². The highest BCUT2D eigenvalue weighted by Crippen LogP contribution is 2.39. The molecule has 1 aromatic carbocycles. The summed E-state index contributed by atoms with van der Waals surface area (Å²) in [6.07, 6.45) is 1.56. The second-order valence-electron chi connectivity index (χ2n) is 7.23. The smallest absolute Gasteiger partial charge is 0.307 e. The number of ether oxygens (including phenoxy) is 1. The Labute approximate surface area is 163 Å². The van der Waals surface area contributed by atoms with Crippen molar-refractivity contribution in [3.63, 3.8) is 0 Å². The van der Waals surface area contributed by atoms with E-state index < -0.39 is 39.4 Å². The molecule has 2 atom stereocenters. The minimum absolute atomic E-state index is 0.159. The molecule has 4 nitrogen and oxygen atoms in total. The first-order valence-corrected chi connectivity index (χ1v) is 10.5. The molecule has 0 heterocycles. The zero-order chi connectivity index (χ0) is 19.6. The maximum atomic E-state index is 15.1. The molecule has 0 amide bonds. The fraction of sp³-hybridized carbons (Fsp3) is 0.611. The van der Waals surface area contributed by atoms with Crippen LogP contribution in [0.4, 0.5) is 8.78 Å². The van der Waals surface area contributed by atoms with E-state index in [2.05, 4.69) is 20.7 Å². The number of hydrogen-bond donors (Lipinski definition) is 1. The van der Waals surface area contributed by atoms with E-state index in [4.69, 9.17) is 4.74 Å². The normalized spacial score (nSPS) is 16.3. The number of carbonyl (C=O) groups excluding carboxylic acids is 1. The molecule has 1 unspecified atom stereocenters. The monoisotopic (exact) mass is 451 g/mol. The molecule has 0 aromatic heterocycles. The number of benzene rings is 1. The van der Waals surface area contributed by atoms with E-state index in [1.807, 2.05) is 0 Å². The lowest BCUT2D eigenvalue weighted by atomic mass is 9.97. The predicted molar refractivity (Wildman–Crippen MR) is 101 cm³/mol. The molecule has 0 saturated carbocycles. The lowest BCUT2D eigenvalue weighted by molar-refractivity contribution is -0.143. The lowest BCUT2D eigenvalue weighted by Crippen LogP contribution is -2.37. The third-order valence-corrected chi connectivity index (χ3v) is 6.68. The van der Waals surface area contributed by atoms with Gasteiger partial charge in [0.1, 0.15) is 11.6 Å². The second-order valence-corrected chi connectivity index (χ2v) is 10.0. The van der Waals surface area contributed by atoms with E-state index in [0.717, 1.165) is 6.42 Å². The van der Waals surface area contributed by atoms with Crippen molar-refractivity contribution in [2.75, 3.05) is 6.61 Å². The quantitative estimate of drug-likeness (QED) is 0.519. The van der Waals surface area contributed by atoms with Crippen molar-refractivity contribution < 1.29 is 22.5 Å². The number of halogens is 3. The van der Waals surface area contributed by atoms with Gasteiger partial charge in [-0.1, -0.05) is 0 Å². The zero-order valence-corrected chi connectivity index (χ0v) is 17.8. The molecule has 26 heavy (non-hydrogen) atoms. The fourth-order valence-electron chi connectivity index (χ4n) is 2.94. The van der Waals surface area contributed by atoms with Gasteiger partial charge in [-0.2, -0.15) is 0 Å². The molecule has 1 aromatic rings. The molecular formula is C18H24BrF2NO3S. The third-order valence-electron chi connectivity index (χ3n) is 4.24. The van der Waals surface area contributed by atoms with Crippen LogP contribution >= 0.6 is 15.9 Å². The van der Waals surface area contributed by atoms with E-state index in [1.54, 1.807) is 27.7 Å². The molecule has 2 rings (SSSR count). The summed E-state index contributed by atoms with van der Waals surface area (Å²) < 4.78 is 49.8. The molecule has 0 spiro atoms.